The van der Waals surface area contributed by atoms with Gasteiger partial charge in [-0.05, 0) is 11.6 Å². The molecule has 1 aliphatic rings. The van der Waals surface area contributed by atoms with Crippen molar-refractivity contribution < 1.29 is 9.72 Å². The minimum atomic E-state index is -0.437. The van der Waals surface area contributed by atoms with Gasteiger partial charge in [-0.3, -0.25) is 14.9 Å². The van der Waals surface area contributed by atoms with Crippen LogP contribution in [0.3, 0.4) is 0 Å². The number of hydrogen-bond acceptors (Lipinski definition) is 4. The molecule has 6 nitrogen and oxygen atoms in total. The van der Waals surface area contributed by atoms with Crippen LogP contribution in [0.2, 0.25) is 0 Å². The maximum Gasteiger partial charge on any atom is 0.269 e. The zero-order chi connectivity index (χ0) is 14.0. The first-order chi connectivity index (χ1) is 8.99. The molecule has 102 valence electrons. The Morgan fingerprint density at radius 3 is 2.84 bits per heavy atom. The Kier molecular flexibility index (Phi) is 3.80. The van der Waals surface area contributed by atoms with E-state index in [1.807, 2.05) is 13.8 Å². The monoisotopic (exact) mass is 263 g/mol. The Hall–Kier alpha value is -1.95. The van der Waals surface area contributed by atoms with Crippen LogP contribution < -0.4 is 10.2 Å². The quantitative estimate of drug-likeness (QED) is 0.645. The number of benzene rings is 1. The third kappa shape index (κ3) is 2.90. The van der Waals surface area contributed by atoms with Crippen molar-refractivity contribution in [1.29, 1.82) is 0 Å². The smallest absolute Gasteiger partial charge is 0.269 e. The molecule has 1 amide bonds. The molecule has 6 heteroatoms. The minimum absolute atomic E-state index is 0.000976. The van der Waals surface area contributed by atoms with Crippen LogP contribution in [0.5, 0.6) is 0 Å². The van der Waals surface area contributed by atoms with Crippen molar-refractivity contribution in [3.63, 3.8) is 0 Å². The average molecular weight is 263 g/mol. The Morgan fingerprint density at radius 2 is 2.21 bits per heavy atom. The van der Waals surface area contributed by atoms with Gasteiger partial charge < -0.3 is 10.2 Å². The second-order valence-corrected chi connectivity index (χ2v) is 4.90. The van der Waals surface area contributed by atoms with Gasteiger partial charge in [-0.25, -0.2) is 0 Å². The molecule has 1 aliphatic heterocycles. The minimum Gasteiger partial charge on any atom is -0.313 e. The fourth-order valence-corrected chi connectivity index (χ4v) is 2.19. The number of nitrogens with one attached hydrogen (secondary N) is 1. The molecular weight excluding hydrogens is 246 g/mol. The molecule has 0 saturated carbocycles. The van der Waals surface area contributed by atoms with Crippen LogP contribution in [0.1, 0.15) is 19.4 Å². The van der Waals surface area contributed by atoms with Crippen molar-refractivity contribution in [2.75, 3.05) is 18.0 Å². The normalized spacial score (nSPS) is 14.1. The molecule has 2 rings (SSSR count). The number of nitrogens with zero attached hydrogens (tertiary/aromatic N) is 2. The van der Waals surface area contributed by atoms with Crippen molar-refractivity contribution >= 4 is 17.3 Å². The second-order valence-electron chi connectivity index (χ2n) is 4.90. The first-order valence-corrected chi connectivity index (χ1v) is 6.30. The van der Waals surface area contributed by atoms with Crippen molar-refractivity contribution in [3.8, 4) is 0 Å². The van der Waals surface area contributed by atoms with Crippen LogP contribution in [-0.2, 0) is 11.2 Å². The van der Waals surface area contributed by atoms with Gasteiger partial charge in [0.15, 0.2) is 0 Å². The highest BCUT2D eigenvalue weighted by Gasteiger charge is 2.28. The van der Waals surface area contributed by atoms with Crippen molar-refractivity contribution in [3.05, 3.63) is 33.9 Å². The predicted octanol–water partition coefficient (Wildman–Crippen LogP) is 1.48. The summed E-state index contributed by atoms with van der Waals surface area (Å²) < 4.78 is 0. The lowest BCUT2D eigenvalue weighted by Gasteiger charge is -2.18. The largest absolute Gasteiger partial charge is 0.313 e. The highest BCUT2D eigenvalue weighted by Crippen LogP contribution is 2.31. The summed E-state index contributed by atoms with van der Waals surface area (Å²) in [5.74, 6) is 0.000976. The SMILES string of the molecule is CC(C)NCCN1C(=O)Cc2cc([N+](=O)[O-])ccc21. The van der Waals surface area contributed by atoms with E-state index in [-0.39, 0.29) is 18.0 Å². The van der Waals surface area contributed by atoms with E-state index < -0.39 is 4.92 Å². The van der Waals surface area contributed by atoms with Crippen LogP contribution in [-0.4, -0.2) is 30.0 Å². The third-order valence-electron chi connectivity index (χ3n) is 3.10. The fraction of sp³-hybridized carbons (Fsp3) is 0.462. The van der Waals surface area contributed by atoms with Gasteiger partial charge in [0.25, 0.3) is 5.69 Å². The van der Waals surface area contributed by atoms with E-state index in [9.17, 15) is 14.9 Å². The van der Waals surface area contributed by atoms with E-state index in [2.05, 4.69) is 5.32 Å². The molecule has 19 heavy (non-hydrogen) atoms. The van der Waals surface area contributed by atoms with Gasteiger partial charge in [-0.15, -0.1) is 0 Å². The molecule has 0 aliphatic carbocycles. The van der Waals surface area contributed by atoms with Crippen molar-refractivity contribution in [1.82, 2.24) is 5.32 Å². The number of carbonyl (C=O) groups is 1. The van der Waals surface area contributed by atoms with Gasteiger partial charge in [0, 0.05) is 37.0 Å². The number of nitro benzene ring substituents is 1. The number of hydrogen-bond donors (Lipinski definition) is 1. The molecule has 0 spiro atoms. The molecule has 0 unspecified atom stereocenters. The van der Waals surface area contributed by atoms with Crippen LogP contribution in [0, 0.1) is 10.1 Å². The summed E-state index contributed by atoms with van der Waals surface area (Å²) in [6.45, 7) is 5.38. The standard InChI is InChI=1S/C13H17N3O3/c1-9(2)14-5-6-15-12-4-3-11(16(18)19)7-10(12)8-13(15)17/h3-4,7,9,14H,5-6,8H2,1-2H3. The summed E-state index contributed by atoms with van der Waals surface area (Å²) in [7, 11) is 0. The lowest BCUT2D eigenvalue weighted by molar-refractivity contribution is -0.384. The molecule has 0 aromatic heterocycles. The first kappa shape index (κ1) is 13.5. The molecule has 0 fully saturated rings. The van der Waals surface area contributed by atoms with Crippen molar-refractivity contribution in [2.45, 2.75) is 26.3 Å². The Bertz CT molecular complexity index is 514. The summed E-state index contributed by atoms with van der Waals surface area (Å²) in [5, 5.41) is 14.0. The van der Waals surface area contributed by atoms with E-state index in [0.29, 0.717) is 19.1 Å². The van der Waals surface area contributed by atoms with Gasteiger partial charge in [0.1, 0.15) is 0 Å². The maximum absolute atomic E-state index is 11.9. The molecule has 1 aromatic carbocycles. The van der Waals surface area contributed by atoms with E-state index in [1.165, 1.54) is 12.1 Å². The van der Waals surface area contributed by atoms with E-state index >= 15 is 0 Å². The maximum atomic E-state index is 11.9. The van der Waals surface area contributed by atoms with Gasteiger partial charge in [-0.2, -0.15) is 0 Å². The number of nitro groups is 1. The zero-order valence-corrected chi connectivity index (χ0v) is 11.0. The van der Waals surface area contributed by atoms with Crippen LogP contribution in [0.4, 0.5) is 11.4 Å². The predicted molar refractivity (Wildman–Crippen MR) is 72.3 cm³/mol. The fourth-order valence-electron chi connectivity index (χ4n) is 2.19. The first-order valence-electron chi connectivity index (χ1n) is 6.30. The molecule has 1 aromatic rings. The molecular formula is C13H17N3O3. The molecule has 0 saturated heterocycles. The number of fused-ring (bicyclic) bond motifs is 1. The molecule has 0 bridgehead atoms. The van der Waals surface area contributed by atoms with Gasteiger partial charge in [-0.1, -0.05) is 13.8 Å². The molecule has 1 N–H and O–H groups in total. The van der Waals surface area contributed by atoms with Gasteiger partial charge in [0.2, 0.25) is 5.91 Å². The van der Waals surface area contributed by atoms with Gasteiger partial charge in [0.05, 0.1) is 11.3 Å². The van der Waals surface area contributed by atoms with Gasteiger partial charge >= 0.3 is 0 Å². The Morgan fingerprint density at radius 1 is 1.47 bits per heavy atom. The highest BCUT2D eigenvalue weighted by molar-refractivity contribution is 6.01. The molecule has 0 radical (unpaired) electrons. The van der Waals surface area contributed by atoms with Crippen LogP contribution in [0.25, 0.3) is 0 Å². The summed E-state index contributed by atoms with van der Waals surface area (Å²) in [6, 6.07) is 4.96. The zero-order valence-electron chi connectivity index (χ0n) is 11.0. The average Bonchev–Trinajstić information content (AvgIpc) is 2.64. The topological polar surface area (TPSA) is 75.5 Å². The Balaban J connectivity index is 2.13. The van der Waals surface area contributed by atoms with E-state index in [1.54, 1.807) is 11.0 Å². The summed E-state index contributed by atoms with van der Waals surface area (Å²) in [6.07, 6.45) is 0.249. The number of rotatable bonds is 5. The summed E-state index contributed by atoms with van der Waals surface area (Å²) >= 11 is 0. The Labute approximate surface area is 111 Å². The summed E-state index contributed by atoms with van der Waals surface area (Å²) in [5.41, 5.74) is 1.57. The number of carbonyl (C=O) groups excluding carboxylic acids is 1. The van der Waals surface area contributed by atoms with E-state index in [4.69, 9.17) is 0 Å². The summed E-state index contributed by atoms with van der Waals surface area (Å²) in [4.78, 5) is 23.9. The van der Waals surface area contributed by atoms with E-state index in [0.717, 1.165) is 11.3 Å². The number of non-ortho nitro benzene ring substituents is 1. The lowest BCUT2D eigenvalue weighted by Crippen LogP contribution is -2.36. The highest BCUT2D eigenvalue weighted by atomic mass is 16.6. The number of amides is 1. The van der Waals surface area contributed by atoms with Crippen LogP contribution in [0.15, 0.2) is 18.2 Å². The lowest BCUT2D eigenvalue weighted by atomic mass is 10.1. The number of anilines is 1. The molecule has 1 heterocycles. The second kappa shape index (κ2) is 5.36. The third-order valence-corrected chi connectivity index (χ3v) is 3.10. The molecule has 0 atom stereocenters. The van der Waals surface area contributed by atoms with Crippen LogP contribution >= 0.6 is 0 Å². The van der Waals surface area contributed by atoms with Crippen molar-refractivity contribution in [2.24, 2.45) is 0 Å².